The Hall–Kier alpha value is -2.87. The molecule has 0 radical (unpaired) electrons. The number of esters is 1. The van der Waals surface area contributed by atoms with Gasteiger partial charge in [-0.1, -0.05) is 60.7 Å². The molecule has 4 rings (SSSR count). The minimum atomic E-state index is -0.238. The molecule has 0 heterocycles. The SMILES string of the molecule is CCOC(=O)c1cc(-c2ccccc2)c2c(c1-c1ccccc1)CCC2. The van der Waals surface area contributed by atoms with Crippen molar-refractivity contribution < 1.29 is 9.53 Å². The van der Waals surface area contributed by atoms with Crippen LogP contribution in [0, 0.1) is 0 Å². The summed E-state index contributed by atoms with van der Waals surface area (Å²) < 4.78 is 5.40. The molecule has 2 heteroatoms. The van der Waals surface area contributed by atoms with Gasteiger partial charge in [-0.25, -0.2) is 4.79 Å². The van der Waals surface area contributed by atoms with Gasteiger partial charge in [0.2, 0.25) is 0 Å². The number of ether oxygens (including phenoxy) is 1. The third-order valence-corrected chi connectivity index (χ3v) is 5.05. The smallest absolute Gasteiger partial charge is 0.338 e. The van der Waals surface area contributed by atoms with E-state index in [0.717, 1.165) is 36.0 Å². The van der Waals surface area contributed by atoms with Crippen molar-refractivity contribution in [1.82, 2.24) is 0 Å². The van der Waals surface area contributed by atoms with Crippen molar-refractivity contribution in [3.63, 3.8) is 0 Å². The lowest BCUT2D eigenvalue weighted by atomic mass is 9.87. The van der Waals surface area contributed by atoms with Crippen LogP contribution in [0.15, 0.2) is 66.7 Å². The van der Waals surface area contributed by atoms with Gasteiger partial charge in [-0.3, -0.25) is 0 Å². The Labute approximate surface area is 154 Å². The second-order valence-electron chi connectivity index (χ2n) is 6.61. The molecule has 0 fully saturated rings. The highest BCUT2D eigenvalue weighted by atomic mass is 16.5. The van der Waals surface area contributed by atoms with E-state index in [-0.39, 0.29) is 5.97 Å². The van der Waals surface area contributed by atoms with Gasteiger partial charge in [0.25, 0.3) is 0 Å². The summed E-state index contributed by atoms with van der Waals surface area (Å²) in [6.07, 6.45) is 3.19. The van der Waals surface area contributed by atoms with Crippen molar-refractivity contribution in [1.29, 1.82) is 0 Å². The van der Waals surface area contributed by atoms with Gasteiger partial charge in [-0.2, -0.15) is 0 Å². The number of benzene rings is 3. The average Bonchev–Trinajstić information content (AvgIpc) is 3.18. The maximum absolute atomic E-state index is 12.8. The zero-order valence-corrected chi connectivity index (χ0v) is 15.0. The van der Waals surface area contributed by atoms with Gasteiger partial charge < -0.3 is 4.74 Å². The maximum atomic E-state index is 12.8. The van der Waals surface area contributed by atoms with E-state index < -0.39 is 0 Å². The lowest BCUT2D eigenvalue weighted by Crippen LogP contribution is -2.09. The van der Waals surface area contributed by atoms with Crippen LogP contribution in [0.4, 0.5) is 0 Å². The number of carbonyl (C=O) groups is 1. The monoisotopic (exact) mass is 342 g/mol. The Balaban J connectivity index is 2.00. The molecular formula is C24H22O2. The first-order valence-corrected chi connectivity index (χ1v) is 9.26. The first-order valence-electron chi connectivity index (χ1n) is 9.26. The van der Waals surface area contributed by atoms with Crippen LogP contribution >= 0.6 is 0 Å². The summed E-state index contributed by atoms with van der Waals surface area (Å²) in [6.45, 7) is 2.23. The fourth-order valence-corrected chi connectivity index (χ4v) is 3.96. The van der Waals surface area contributed by atoms with E-state index in [2.05, 4.69) is 24.3 Å². The summed E-state index contributed by atoms with van der Waals surface area (Å²) in [6, 6.07) is 22.6. The first-order chi connectivity index (χ1) is 12.8. The average molecular weight is 342 g/mol. The molecule has 0 aliphatic heterocycles. The molecule has 0 saturated heterocycles. The second-order valence-corrected chi connectivity index (χ2v) is 6.61. The van der Waals surface area contributed by atoms with Crippen LogP contribution in [-0.2, 0) is 17.6 Å². The Morgan fingerprint density at radius 3 is 2.15 bits per heavy atom. The molecule has 0 N–H and O–H groups in total. The van der Waals surface area contributed by atoms with Gasteiger partial charge in [-0.15, -0.1) is 0 Å². The van der Waals surface area contributed by atoms with Gasteiger partial charge in [0, 0.05) is 0 Å². The lowest BCUT2D eigenvalue weighted by molar-refractivity contribution is 0.0527. The molecule has 2 nitrogen and oxygen atoms in total. The first kappa shape index (κ1) is 16.6. The van der Waals surface area contributed by atoms with Crippen molar-refractivity contribution in [3.05, 3.63) is 83.4 Å². The number of carbonyl (C=O) groups excluding carboxylic acids is 1. The number of hydrogen-bond donors (Lipinski definition) is 0. The molecule has 3 aromatic rings. The van der Waals surface area contributed by atoms with E-state index in [1.54, 1.807) is 0 Å². The molecule has 0 unspecified atom stereocenters. The van der Waals surface area contributed by atoms with Gasteiger partial charge >= 0.3 is 5.97 Å². The minimum Gasteiger partial charge on any atom is -0.462 e. The normalized spacial score (nSPS) is 12.7. The molecule has 0 bridgehead atoms. The van der Waals surface area contributed by atoms with Crippen LogP contribution < -0.4 is 0 Å². The highest BCUT2D eigenvalue weighted by Gasteiger charge is 2.26. The molecule has 0 saturated carbocycles. The van der Waals surface area contributed by atoms with E-state index in [4.69, 9.17) is 4.74 Å². The molecule has 1 aliphatic rings. The zero-order valence-electron chi connectivity index (χ0n) is 15.0. The summed E-state index contributed by atoms with van der Waals surface area (Å²) in [5.74, 6) is -0.238. The van der Waals surface area contributed by atoms with E-state index in [0.29, 0.717) is 12.2 Å². The van der Waals surface area contributed by atoms with Crippen molar-refractivity contribution in [2.24, 2.45) is 0 Å². The standard InChI is InChI=1S/C24H22O2/c1-2-26-24(25)22-16-21(17-10-5-3-6-11-17)19-14-9-15-20(19)23(22)18-12-7-4-8-13-18/h3-8,10-13,16H,2,9,14-15H2,1H3. The van der Waals surface area contributed by atoms with E-state index >= 15 is 0 Å². The molecule has 0 spiro atoms. The summed E-state index contributed by atoms with van der Waals surface area (Å²) in [5, 5.41) is 0. The van der Waals surface area contributed by atoms with Crippen LogP contribution in [0.1, 0.15) is 34.8 Å². The summed E-state index contributed by atoms with van der Waals surface area (Å²) in [5.41, 5.74) is 7.84. The number of rotatable bonds is 4. The van der Waals surface area contributed by atoms with Crippen LogP contribution in [0.5, 0.6) is 0 Å². The second kappa shape index (κ2) is 7.17. The third-order valence-electron chi connectivity index (χ3n) is 5.05. The van der Waals surface area contributed by atoms with Gasteiger partial charge in [-0.05, 0) is 65.6 Å². The van der Waals surface area contributed by atoms with Crippen LogP contribution in [0.25, 0.3) is 22.3 Å². The van der Waals surface area contributed by atoms with Crippen LogP contribution in [0.3, 0.4) is 0 Å². The van der Waals surface area contributed by atoms with Crippen molar-refractivity contribution in [2.45, 2.75) is 26.2 Å². The molecule has 3 aromatic carbocycles. The number of hydrogen-bond acceptors (Lipinski definition) is 2. The number of fused-ring (bicyclic) bond motifs is 1. The van der Waals surface area contributed by atoms with Gasteiger partial charge in [0.15, 0.2) is 0 Å². The zero-order chi connectivity index (χ0) is 17.9. The highest BCUT2D eigenvalue weighted by Crippen LogP contribution is 2.41. The van der Waals surface area contributed by atoms with E-state index in [1.807, 2.05) is 49.4 Å². The summed E-state index contributed by atoms with van der Waals surface area (Å²) in [7, 11) is 0. The Morgan fingerprint density at radius 2 is 1.50 bits per heavy atom. The molecule has 0 aromatic heterocycles. The molecular weight excluding hydrogens is 320 g/mol. The quantitative estimate of drug-likeness (QED) is 0.570. The molecule has 1 aliphatic carbocycles. The fourth-order valence-electron chi connectivity index (χ4n) is 3.96. The Bertz CT molecular complexity index is 927. The lowest BCUT2D eigenvalue weighted by Gasteiger charge is -2.18. The molecule has 0 amide bonds. The molecule has 26 heavy (non-hydrogen) atoms. The Morgan fingerprint density at radius 1 is 0.885 bits per heavy atom. The highest BCUT2D eigenvalue weighted by molar-refractivity contribution is 6.01. The van der Waals surface area contributed by atoms with Crippen molar-refractivity contribution >= 4 is 5.97 Å². The predicted octanol–water partition coefficient (Wildman–Crippen LogP) is 5.69. The summed E-state index contributed by atoms with van der Waals surface area (Å²) in [4.78, 5) is 12.8. The fraction of sp³-hybridized carbons (Fsp3) is 0.208. The Kier molecular flexibility index (Phi) is 4.57. The van der Waals surface area contributed by atoms with Crippen molar-refractivity contribution in [2.75, 3.05) is 6.61 Å². The summed E-state index contributed by atoms with van der Waals surface area (Å²) >= 11 is 0. The third kappa shape index (κ3) is 2.92. The maximum Gasteiger partial charge on any atom is 0.338 e. The molecule has 130 valence electrons. The largest absolute Gasteiger partial charge is 0.462 e. The topological polar surface area (TPSA) is 26.3 Å². The van der Waals surface area contributed by atoms with Gasteiger partial charge in [0.1, 0.15) is 0 Å². The minimum absolute atomic E-state index is 0.238. The van der Waals surface area contributed by atoms with Gasteiger partial charge in [0.05, 0.1) is 12.2 Å². The predicted molar refractivity (Wildman–Crippen MR) is 105 cm³/mol. The van der Waals surface area contributed by atoms with E-state index in [1.165, 1.54) is 16.7 Å². The van der Waals surface area contributed by atoms with Crippen LogP contribution in [0.2, 0.25) is 0 Å². The molecule has 0 atom stereocenters. The van der Waals surface area contributed by atoms with E-state index in [9.17, 15) is 4.79 Å². The van der Waals surface area contributed by atoms with Crippen LogP contribution in [-0.4, -0.2) is 12.6 Å². The van der Waals surface area contributed by atoms with Crippen molar-refractivity contribution in [3.8, 4) is 22.3 Å².